The van der Waals surface area contributed by atoms with Crippen molar-refractivity contribution in [2.45, 2.75) is 4.46 Å². The largest absolute Gasteiger partial charge is 0.528 e. The van der Waals surface area contributed by atoms with Crippen molar-refractivity contribution < 1.29 is 13.3 Å². The van der Waals surface area contributed by atoms with E-state index in [1.54, 1.807) is 21.3 Å². The molecule has 0 radical (unpaired) electrons. The molecule has 0 rings (SSSR count). The van der Waals surface area contributed by atoms with Crippen LogP contribution in [0.3, 0.4) is 0 Å². The first-order valence-corrected chi connectivity index (χ1v) is 8.02. The summed E-state index contributed by atoms with van der Waals surface area (Å²) in [5.41, 5.74) is 3.75. The number of hydrogen-bond donors (Lipinski definition) is 0. The molecular formula is C6H14Cl2O3Si2. The first-order valence-electron chi connectivity index (χ1n) is 3.71. The normalized spacial score (nSPS) is 14.0. The van der Waals surface area contributed by atoms with Crippen LogP contribution in [0, 0.1) is 0 Å². The van der Waals surface area contributed by atoms with Crippen molar-refractivity contribution in [3.05, 3.63) is 11.4 Å². The molecular weight excluding hydrogens is 247 g/mol. The van der Waals surface area contributed by atoms with Gasteiger partial charge in [-0.1, -0.05) is 5.70 Å². The van der Waals surface area contributed by atoms with Crippen molar-refractivity contribution in [3.8, 4) is 0 Å². The smallest absolute Gasteiger partial charge is 0.374 e. The SMILES string of the molecule is CO[Si](C=C[SiH2]C(Cl)Cl)(OC)OC. The van der Waals surface area contributed by atoms with E-state index >= 15 is 0 Å². The van der Waals surface area contributed by atoms with E-state index in [9.17, 15) is 0 Å². The summed E-state index contributed by atoms with van der Waals surface area (Å²) in [6.07, 6.45) is 0. The van der Waals surface area contributed by atoms with Crippen molar-refractivity contribution in [2.24, 2.45) is 0 Å². The molecule has 0 N–H and O–H groups in total. The standard InChI is InChI=1S/C6H14Cl2O3Si2/c1-9-13(10-2,11-3)5-4-12-6(7)8/h4-6H,12H2,1-3H3. The molecule has 0 aromatic carbocycles. The summed E-state index contributed by atoms with van der Waals surface area (Å²) in [7, 11) is 1.51. The fourth-order valence-electron chi connectivity index (χ4n) is 0.769. The van der Waals surface area contributed by atoms with Gasteiger partial charge in [-0.3, -0.25) is 0 Å². The van der Waals surface area contributed by atoms with Crippen LogP contribution < -0.4 is 0 Å². The highest BCUT2D eigenvalue weighted by Crippen LogP contribution is 2.08. The zero-order valence-corrected chi connectivity index (χ0v) is 11.8. The molecule has 78 valence electrons. The van der Waals surface area contributed by atoms with E-state index in [0.29, 0.717) is 0 Å². The van der Waals surface area contributed by atoms with Crippen molar-refractivity contribution in [1.29, 1.82) is 0 Å². The molecule has 0 aromatic heterocycles. The van der Waals surface area contributed by atoms with Crippen LogP contribution in [-0.4, -0.2) is 44.1 Å². The predicted molar refractivity (Wildman–Crippen MR) is 60.0 cm³/mol. The van der Waals surface area contributed by atoms with Gasteiger partial charge in [0.15, 0.2) is 0 Å². The minimum atomic E-state index is -2.55. The Kier molecular flexibility index (Phi) is 7.34. The minimum absolute atomic E-state index is 0.270. The van der Waals surface area contributed by atoms with E-state index < -0.39 is 18.3 Å². The molecule has 0 unspecified atom stereocenters. The van der Waals surface area contributed by atoms with E-state index in [4.69, 9.17) is 36.5 Å². The van der Waals surface area contributed by atoms with Crippen molar-refractivity contribution in [1.82, 2.24) is 0 Å². The molecule has 7 heteroatoms. The Bertz CT molecular complexity index is 154. The molecule has 0 bridgehead atoms. The molecule has 0 saturated carbocycles. The lowest BCUT2D eigenvalue weighted by atomic mass is 11.2. The van der Waals surface area contributed by atoms with Gasteiger partial charge in [0.05, 0.1) is 14.0 Å². The Morgan fingerprint density at radius 1 is 1.15 bits per heavy atom. The average Bonchev–Trinajstić information content (AvgIpc) is 2.13. The second-order valence-electron chi connectivity index (χ2n) is 2.25. The van der Waals surface area contributed by atoms with Crippen LogP contribution in [0.25, 0.3) is 0 Å². The summed E-state index contributed by atoms with van der Waals surface area (Å²) in [6.45, 7) is 0. The van der Waals surface area contributed by atoms with Gasteiger partial charge >= 0.3 is 8.80 Å². The van der Waals surface area contributed by atoms with Gasteiger partial charge in [-0.05, 0) is 5.70 Å². The fourth-order valence-corrected chi connectivity index (χ4v) is 4.20. The van der Waals surface area contributed by atoms with Gasteiger partial charge in [0.25, 0.3) is 0 Å². The molecule has 0 aliphatic heterocycles. The Morgan fingerprint density at radius 2 is 1.62 bits per heavy atom. The molecule has 0 aliphatic carbocycles. The van der Waals surface area contributed by atoms with Crippen LogP contribution in [0.4, 0.5) is 0 Å². The number of halogens is 2. The predicted octanol–water partition coefficient (Wildman–Crippen LogP) is 0.847. The maximum atomic E-state index is 5.61. The zero-order chi connectivity index (χ0) is 10.3. The minimum Gasteiger partial charge on any atom is -0.374 e. The number of rotatable bonds is 6. The fraction of sp³-hybridized carbons (Fsp3) is 0.667. The topological polar surface area (TPSA) is 27.7 Å². The Balaban J connectivity index is 4.15. The summed E-state index contributed by atoms with van der Waals surface area (Å²) in [5.74, 6) is 0. The lowest BCUT2D eigenvalue weighted by Crippen LogP contribution is -2.41. The van der Waals surface area contributed by atoms with Gasteiger partial charge in [-0.25, -0.2) is 0 Å². The molecule has 0 amide bonds. The van der Waals surface area contributed by atoms with Gasteiger partial charge in [-0.2, -0.15) is 0 Å². The summed E-state index contributed by atoms with van der Waals surface area (Å²) >= 11 is 11.2. The molecule has 0 aromatic rings. The molecule has 13 heavy (non-hydrogen) atoms. The second-order valence-corrected chi connectivity index (χ2v) is 9.08. The lowest BCUT2D eigenvalue weighted by molar-refractivity contribution is 0.138. The first-order chi connectivity index (χ1) is 6.10. The van der Waals surface area contributed by atoms with Crippen molar-refractivity contribution >= 4 is 41.5 Å². The quantitative estimate of drug-likeness (QED) is 0.524. The third kappa shape index (κ3) is 5.16. The first kappa shape index (κ1) is 13.6. The Labute approximate surface area is 92.1 Å². The molecule has 0 fully saturated rings. The van der Waals surface area contributed by atoms with Crippen LogP contribution in [0.1, 0.15) is 0 Å². The van der Waals surface area contributed by atoms with Crippen LogP contribution in [0.5, 0.6) is 0 Å². The Morgan fingerprint density at radius 3 is 1.92 bits per heavy atom. The molecule has 0 spiro atoms. The van der Waals surface area contributed by atoms with E-state index in [-0.39, 0.29) is 4.46 Å². The summed E-state index contributed by atoms with van der Waals surface area (Å²) < 4.78 is 15.2. The zero-order valence-electron chi connectivity index (χ0n) is 7.92. The maximum Gasteiger partial charge on any atom is 0.528 e. The van der Waals surface area contributed by atoms with E-state index in [2.05, 4.69) is 0 Å². The molecule has 0 saturated heterocycles. The van der Waals surface area contributed by atoms with Crippen LogP contribution >= 0.6 is 23.2 Å². The number of hydrogen-bond acceptors (Lipinski definition) is 3. The van der Waals surface area contributed by atoms with Crippen molar-refractivity contribution in [3.63, 3.8) is 0 Å². The maximum absolute atomic E-state index is 5.61. The van der Waals surface area contributed by atoms with Gasteiger partial charge in [0.2, 0.25) is 0 Å². The monoisotopic (exact) mass is 260 g/mol. The Hall–Kier alpha value is 0.634. The summed E-state index contributed by atoms with van der Waals surface area (Å²) in [4.78, 5) is 0. The average molecular weight is 261 g/mol. The summed E-state index contributed by atoms with van der Waals surface area (Å²) in [5, 5.41) is 0. The molecule has 0 heterocycles. The highest BCUT2D eigenvalue weighted by molar-refractivity contribution is 6.73. The molecule has 0 atom stereocenters. The van der Waals surface area contributed by atoms with Gasteiger partial charge in [0, 0.05) is 21.3 Å². The lowest BCUT2D eigenvalue weighted by Gasteiger charge is -2.20. The number of alkyl halides is 2. The highest BCUT2D eigenvalue weighted by Gasteiger charge is 2.34. The second kappa shape index (κ2) is 7.00. The van der Waals surface area contributed by atoms with E-state index in [1.807, 2.05) is 11.4 Å². The summed E-state index contributed by atoms with van der Waals surface area (Å²) in [6, 6.07) is 0. The van der Waals surface area contributed by atoms with Crippen LogP contribution in [-0.2, 0) is 13.3 Å². The van der Waals surface area contributed by atoms with Gasteiger partial charge < -0.3 is 13.3 Å². The third-order valence-corrected chi connectivity index (χ3v) is 6.25. The van der Waals surface area contributed by atoms with E-state index in [0.717, 1.165) is 0 Å². The van der Waals surface area contributed by atoms with E-state index in [1.165, 1.54) is 0 Å². The highest BCUT2D eigenvalue weighted by atomic mass is 35.5. The third-order valence-electron chi connectivity index (χ3n) is 1.49. The van der Waals surface area contributed by atoms with Gasteiger partial charge in [0.1, 0.15) is 0 Å². The van der Waals surface area contributed by atoms with Gasteiger partial charge in [-0.15, -0.1) is 23.2 Å². The molecule has 0 aliphatic rings. The van der Waals surface area contributed by atoms with Crippen molar-refractivity contribution in [2.75, 3.05) is 21.3 Å². The van der Waals surface area contributed by atoms with Crippen LogP contribution in [0.2, 0.25) is 0 Å². The van der Waals surface area contributed by atoms with Crippen LogP contribution in [0.15, 0.2) is 11.4 Å². The molecule has 3 nitrogen and oxygen atoms in total.